The molecule has 0 N–H and O–H groups in total. The molecule has 0 aliphatic carbocycles. The summed E-state index contributed by atoms with van der Waals surface area (Å²) in [4.78, 5) is 0. The molecule has 0 saturated heterocycles. The van der Waals surface area contributed by atoms with Crippen molar-refractivity contribution in [3.8, 4) is 0 Å². The van der Waals surface area contributed by atoms with Gasteiger partial charge in [0.15, 0.2) is 0 Å². The summed E-state index contributed by atoms with van der Waals surface area (Å²) in [6, 6.07) is 18.4. The summed E-state index contributed by atoms with van der Waals surface area (Å²) in [6.07, 6.45) is 0. The van der Waals surface area contributed by atoms with Crippen LogP contribution in [0.1, 0.15) is 6.85 Å². The molecule has 3 aromatic rings. The van der Waals surface area contributed by atoms with Gasteiger partial charge in [0.25, 0.3) is 0 Å². The number of hydrogen-bond acceptors (Lipinski definition) is 0. The van der Waals surface area contributed by atoms with Crippen LogP contribution in [0, 0.1) is 0 Å². The molecule has 0 unspecified atom stereocenters. The second kappa shape index (κ2) is 5.91. The van der Waals surface area contributed by atoms with E-state index in [0.717, 1.165) is 8.70 Å². The Hall–Kier alpha value is -1.78. The number of hydrogen-bond donors (Lipinski definition) is 0. The van der Waals surface area contributed by atoms with Gasteiger partial charge in [-0.05, 0) is 0 Å². The third-order valence-electron chi connectivity index (χ3n) is 2.74. The molecule has 19 heavy (non-hydrogen) atoms. The predicted octanol–water partition coefficient (Wildman–Crippen LogP) is 2.20. The van der Waals surface area contributed by atoms with E-state index in [9.17, 15) is 0 Å². The Bertz CT molecular complexity index is 797. The van der Waals surface area contributed by atoms with Gasteiger partial charge >= 0.3 is 125 Å². The zero-order chi connectivity index (χ0) is 17.3. The van der Waals surface area contributed by atoms with Crippen molar-refractivity contribution in [1.82, 2.24) is 0 Å². The molecule has 0 fully saturated rings. The first-order valence-corrected chi connectivity index (χ1v) is 8.81. The van der Waals surface area contributed by atoms with Gasteiger partial charge in [-0.25, -0.2) is 0 Å². The van der Waals surface area contributed by atoms with Crippen LogP contribution in [-0.2, 0) is 0 Å². The molecule has 0 atom stereocenters. The fraction of sp³-hybridized carbons (Fsp3) is 0. The fourth-order valence-electron chi connectivity index (χ4n) is 1.92. The Morgan fingerprint density at radius 2 is 1.05 bits per heavy atom. The molecule has 3 aromatic carbocycles. The fourth-order valence-corrected chi connectivity index (χ4v) is 6.30. The maximum atomic E-state index is 8.33. The molecule has 0 saturated carbocycles. The molecular weight excluding hydrogens is 291 g/mol. The first kappa shape index (κ1) is 7.72. The summed E-state index contributed by atoms with van der Waals surface area (Å²) in [5, 5.41) is 0. The minimum atomic E-state index is -2.25. The van der Waals surface area contributed by atoms with Crippen LogP contribution in [0.3, 0.4) is 0 Å². The molecular formula is C18H15As. The van der Waals surface area contributed by atoms with Gasteiger partial charge in [-0.15, -0.1) is 0 Å². The van der Waals surface area contributed by atoms with Crippen LogP contribution in [0.2, 0.25) is 0 Å². The van der Waals surface area contributed by atoms with Crippen LogP contribution < -0.4 is 13.1 Å². The summed E-state index contributed by atoms with van der Waals surface area (Å²) in [7, 11) is 0. The Balaban J connectivity index is 2.33. The Labute approximate surface area is 126 Å². The first-order chi connectivity index (χ1) is 11.5. The van der Waals surface area contributed by atoms with Crippen molar-refractivity contribution in [2.45, 2.75) is 0 Å². The molecule has 0 bridgehead atoms. The van der Waals surface area contributed by atoms with E-state index in [0.29, 0.717) is 4.35 Å². The van der Waals surface area contributed by atoms with Crippen molar-refractivity contribution in [3.05, 3.63) is 90.9 Å². The number of benzene rings is 3. The van der Waals surface area contributed by atoms with Crippen LogP contribution in [0.15, 0.2) is 90.9 Å². The van der Waals surface area contributed by atoms with E-state index >= 15 is 0 Å². The van der Waals surface area contributed by atoms with Gasteiger partial charge in [0, 0.05) is 0 Å². The van der Waals surface area contributed by atoms with E-state index in [4.69, 9.17) is 6.85 Å². The predicted molar refractivity (Wildman–Crippen MR) is 84.0 cm³/mol. The summed E-state index contributed by atoms with van der Waals surface area (Å²) in [5.74, 6) is 0. The molecule has 0 heterocycles. The molecule has 92 valence electrons. The standard InChI is InChI=1S/C18H15As/c1-4-10-16(11-5-1)19(17-12-6-2-7-13-17)18-14-8-3-9-15-18/h1-15H/i1T,4T,5T,10T,11T. The van der Waals surface area contributed by atoms with E-state index in [1.54, 1.807) is 0 Å². The molecule has 0 amide bonds. The third kappa shape index (κ3) is 2.80. The van der Waals surface area contributed by atoms with Gasteiger partial charge < -0.3 is 0 Å². The van der Waals surface area contributed by atoms with E-state index in [1.165, 1.54) is 0 Å². The normalized spacial score (nSPS) is 14.3. The average Bonchev–Trinajstić information content (AvgIpc) is 2.63. The van der Waals surface area contributed by atoms with Gasteiger partial charge in [0.2, 0.25) is 0 Å². The number of rotatable bonds is 3. The molecule has 0 aliphatic rings. The molecule has 1 heteroatoms. The monoisotopic (exact) mass is 316 g/mol. The molecule has 0 aliphatic heterocycles. The van der Waals surface area contributed by atoms with Crippen LogP contribution in [-0.4, -0.2) is 14.7 Å². The molecule has 0 aromatic heterocycles. The van der Waals surface area contributed by atoms with Crippen LogP contribution >= 0.6 is 0 Å². The quantitative estimate of drug-likeness (QED) is 0.650. The van der Waals surface area contributed by atoms with Crippen molar-refractivity contribution in [1.29, 1.82) is 0 Å². The van der Waals surface area contributed by atoms with Gasteiger partial charge in [-0.2, -0.15) is 0 Å². The molecule has 3 rings (SSSR count). The summed E-state index contributed by atoms with van der Waals surface area (Å²) >= 11 is -2.25. The van der Waals surface area contributed by atoms with E-state index in [-0.39, 0.29) is 30.2 Å². The summed E-state index contributed by atoms with van der Waals surface area (Å²) in [5.41, 5.74) is 0. The van der Waals surface area contributed by atoms with E-state index in [2.05, 4.69) is 0 Å². The van der Waals surface area contributed by atoms with Gasteiger partial charge in [0.05, 0.1) is 0 Å². The van der Waals surface area contributed by atoms with E-state index in [1.807, 2.05) is 60.7 Å². The molecule has 0 spiro atoms. The van der Waals surface area contributed by atoms with Crippen molar-refractivity contribution >= 4 is 27.7 Å². The van der Waals surface area contributed by atoms with Crippen molar-refractivity contribution in [2.75, 3.05) is 0 Å². The van der Waals surface area contributed by atoms with Gasteiger partial charge in [-0.3, -0.25) is 0 Å². The SMILES string of the molecule is [3H]c1c([3H])c([3H])c([As](c2ccccc2)c2ccccc2)c([3H])c1[3H]. The van der Waals surface area contributed by atoms with Crippen LogP contribution in [0.4, 0.5) is 0 Å². The third-order valence-corrected chi connectivity index (χ3v) is 7.56. The zero-order valence-corrected chi connectivity index (χ0v) is 12.1. The Morgan fingerprint density at radius 3 is 1.53 bits per heavy atom. The average molecular weight is 316 g/mol. The maximum absolute atomic E-state index is 8.33. The minimum absolute atomic E-state index is 0.0892. The molecule has 0 radical (unpaired) electrons. The van der Waals surface area contributed by atoms with Crippen LogP contribution in [0.25, 0.3) is 0 Å². The van der Waals surface area contributed by atoms with Crippen molar-refractivity contribution in [3.63, 3.8) is 0 Å². The van der Waals surface area contributed by atoms with E-state index < -0.39 is 14.7 Å². The topological polar surface area (TPSA) is 0 Å². The van der Waals surface area contributed by atoms with Gasteiger partial charge in [0.1, 0.15) is 0 Å². The van der Waals surface area contributed by atoms with Crippen molar-refractivity contribution < 1.29 is 6.85 Å². The second-order valence-corrected chi connectivity index (χ2v) is 8.49. The van der Waals surface area contributed by atoms with Crippen LogP contribution in [0.5, 0.6) is 0 Å². The Morgan fingerprint density at radius 1 is 0.579 bits per heavy atom. The second-order valence-electron chi connectivity index (χ2n) is 3.98. The summed E-state index contributed by atoms with van der Waals surface area (Å²) in [6.45, 7) is 0. The summed E-state index contributed by atoms with van der Waals surface area (Å²) < 4.78 is 42.9. The first-order valence-electron chi connectivity index (χ1n) is 8.49. The zero-order valence-electron chi connectivity index (χ0n) is 15.2. The Kier molecular flexibility index (Phi) is 2.40. The van der Waals surface area contributed by atoms with Gasteiger partial charge in [-0.1, -0.05) is 0 Å². The molecule has 0 nitrogen and oxygen atoms in total. The van der Waals surface area contributed by atoms with Crippen molar-refractivity contribution in [2.24, 2.45) is 0 Å².